The fourth-order valence-corrected chi connectivity index (χ4v) is 4.17. The number of carbonyl (C=O) groups is 3. The second-order valence-corrected chi connectivity index (χ2v) is 9.20. The van der Waals surface area contributed by atoms with Crippen molar-refractivity contribution in [2.24, 2.45) is 5.73 Å². The Morgan fingerprint density at radius 1 is 0.795 bits per heavy atom. The van der Waals surface area contributed by atoms with Crippen molar-refractivity contribution in [3.05, 3.63) is 120 Å². The number of esters is 1. The maximum atomic E-state index is 13.4. The van der Waals surface area contributed by atoms with Crippen molar-refractivity contribution in [1.29, 1.82) is 0 Å². The molecule has 4 N–H and O–H groups in total. The zero-order valence-corrected chi connectivity index (χ0v) is 21.3. The molecule has 4 aromatic rings. The van der Waals surface area contributed by atoms with Gasteiger partial charge in [-0.25, -0.2) is 4.39 Å². The Kier molecular flexibility index (Phi) is 9.37. The summed E-state index contributed by atoms with van der Waals surface area (Å²) in [6.07, 6.45) is -0.238. The van der Waals surface area contributed by atoms with Crippen LogP contribution >= 0.6 is 0 Å². The fraction of sp³-hybridized carbons (Fsp3) is 0.194. The number of carbonyl (C=O) groups excluding carboxylic acids is 3. The number of halogens is 1. The lowest BCUT2D eigenvalue weighted by molar-refractivity contribution is -0.146. The third-order valence-corrected chi connectivity index (χ3v) is 6.29. The Morgan fingerprint density at radius 2 is 1.49 bits per heavy atom. The highest BCUT2D eigenvalue weighted by atomic mass is 19.1. The molecule has 4 aromatic carbocycles. The molecule has 0 aliphatic rings. The lowest BCUT2D eigenvalue weighted by Gasteiger charge is -2.21. The second kappa shape index (κ2) is 13.3. The molecule has 0 aromatic heterocycles. The maximum Gasteiger partial charge on any atom is 0.308 e. The van der Waals surface area contributed by atoms with Gasteiger partial charge in [-0.2, -0.15) is 0 Å². The van der Waals surface area contributed by atoms with Crippen LogP contribution in [0.15, 0.2) is 97.1 Å². The van der Waals surface area contributed by atoms with Crippen molar-refractivity contribution in [3.63, 3.8) is 0 Å². The standard InChI is InChI=1S/C31H30FN3O4/c32-25-15-13-21(14-16-25)17-28(31(38)34-19-24-11-6-10-23-9-4-5-12-26(23)24)35-30(37)27(33)18-29(36)39-20-22-7-2-1-3-8-22/h1-16,27-28H,17-20,33H2,(H,34,38)(H,35,37)/t27-,28-/m0/s1. The van der Waals surface area contributed by atoms with E-state index >= 15 is 0 Å². The van der Waals surface area contributed by atoms with Gasteiger partial charge in [0.15, 0.2) is 0 Å². The Bertz CT molecular complexity index is 1420. The van der Waals surface area contributed by atoms with Gasteiger partial charge in [0, 0.05) is 13.0 Å². The van der Waals surface area contributed by atoms with Crippen molar-refractivity contribution in [3.8, 4) is 0 Å². The number of ether oxygens (including phenoxy) is 1. The Hall–Kier alpha value is -4.56. The first-order valence-corrected chi connectivity index (χ1v) is 12.6. The van der Waals surface area contributed by atoms with E-state index in [1.165, 1.54) is 12.1 Å². The SMILES string of the molecule is N[C@@H](CC(=O)OCc1ccccc1)C(=O)N[C@@H](Cc1ccc(F)cc1)C(=O)NCc1cccc2ccccc12. The number of fused-ring (bicyclic) bond motifs is 1. The van der Waals surface area contributed by atoms with E-state index in [0.717, 1.165) is 21.9 Å². The monoisotopic (exact) mass is 527 g/mol. The van der Waals surface area contributed by atoms with Gasteiger partial charge >= 0.3 is 5.97 Å². The molecule has 200 valence electrons. The van der Waals surface area contributed by atoms with E-state index < -0.39 is 35.7 Å². The number of benzene rings is 4. The predicted octanol–water partition coefficient (Wildman–Crippen LogP) is 3.78. The molecular formula is C31H30FN3O4. The van der Waals surface area contributed by atoms with Crippen LogP contribution in [0.4, 0.5) is 4.39 Å². The summed E-state index contributed by atoms with van der Waals surface area (Å²) in [5.41, 5.74) is 8.37. The van der Waals surface area contributed by atoms with Crippen LogP contribution < -0.4 is 16.4 Å². The Labute approximate surface area is 226 Å². The molecule has 0 heterocycles. The molecule has 0 unspecified atom stereocenters. The average Bonchev–Trinajstić information content (AvgIpc) is 2.96. The topological polar surface area (TPSA) is 111 Å². The van der Waals surface area contributed by atoms with Crippen molar-refractivity contribution in [1.82, 2.24) is 10.6 Å². The van der Waals surface area contributed by atoms with Crippen LogP contribution in [0.2, 0.25) is 0 Å². The lowest BCUT2D eigenvalue weighted by atomic mass is 10.0. The summed E-state index contributed by atoms with van der Waals surface area (Å²) in [5, 5.41) is 7.60. The number of nitrogens with two attached hydrogens (primary N) is 1. The van der Waals surface area contributed by atoms with Gasteiger partial charge < -0.3 is 21.1 Å². The number of nitrogens with one attached hydrogen (secondary N) is 2. The van der Waals surface area contributed by atoms with Crippen LogP contribution in [0.1, 0.15) is 23.1 Å². The molecule has 2 atom stereocenters. The van der Waals surface area contributed by atoms with E-state index in [1.807, 2.05) is 72.8 Å². The van der Waals surface area contributed by atoms with E-state index in [9.17, 15) is 18.8 Å². The Morgan fingerprint density at radius 3 is 2.26 bits per heavy atom. The fourth-order valence-electron chi connectivity index (χ4n) is 4.17. The van der Waals surface area contributed by atoms with Crippen molar-refractivity contribution < 1.29 is 23.5 Å². The van der Waals surface area contributed by atoms with Crippen LogP contribution in [0.25, 0.3) is 10.8 Å². The van der Waals surface area contributed by atoms with E-state index in [1.54, 1.807) is 12.1 Å². The molecule has 0 bridgehead atoms. The maximum absolute atomic E-state index is 13.4. The number of hydrogen-bond acceptors (Lipinski definition) is 5. The summed E-state index contributed by atoms with van der Waals surface area (Å²) in [7, 11) is 0. The van der Waals surface area contributed by atoms with Gasteiger partial charge in [0.2, 0.25) is 11.8 Å². The number of rotatable bonds is 11. The third kappa shape index (κ3) is 7.96. The minimum atomic E-state index is -1.21. The highest BCUT2D eigenvalue weighted by Crippen LogP contribution is 2.18. The van der Waals surface area contributed by atoms with Crippen LogP contribution in [-0.4, -0.2) is 29.9 Å². The minimum absolute atomic E-state index is 0.0672. The molecule has 8 heteroatoms. The molecule has 39 heavy (non-hydrogen) atoms. The number of amides is 2. The summed E-state index contributed by atoms with van der Waals surface area (Å²) in [6.45, 7) is 0.311. The summed E-state index contributed by atoms with van der Waals surface area (Å²) in [4.78, 5) is 38.4. The van der Waals surface area contributed by atoms with E-state index in [2.05, 4.69) is 10.6 Å². The largest absolute Gasteiger partial charge is 0.461 e. The van der Waals surface area contributed by atoms with Crippen molar-refractivity contribution in [2.45, 2.75) is 38.1 Å². The first-order chi connectivity index (χ1) is 18.9. The van der Waals surface area contributed by atoms with Gasteiger partial charge in [-0.15, -0.1) is 0 Å². The van der Waals surface area contributed by atoms with E-state index in [-0.39, 0.29) is 26.0 Å². The molecule has 0 saturated carbocycles. The zero-order valence-electron chi connectivity index (χ0n) is 21.3. The zero-order chi connectivity index (χ0) is 27.6. The second-order valence-electron chi connectivity index (χ2n) is 9.20. The van der Waals surface area contributed by atoms with Crippen LogP contribution in [-0.2, 0) is 38.7 Å². The smallest absolute Gasteiger partial charge is 0.308 e. The highest BCUT2D eigenvalue weighted by Gasteiger charge is 2.26. The molecule has 7 nitrogen and oxygen atoms in total. The van der Waals surface area contributed by atoms with Gasteiger partial charge in [-0.05, 0) is 39.6 Å². The summed E-state index contributed by atoms with van der Waals surface area (Å²) in [6, 6.07) is 26.3. The van der Waals surface area contributed by atoms with Crippen LogP contribution in [0.5, 0.6) is 0 Å². The third-order valence-electron chi connectivity index (χ3n) is 6.29. The van der Waals surface area contributed by atoms with Crippen LogP contribution in [0, 0.1) is 5.82 Å². The van der Waals surface area contributed by atoms with Gasteiger partial charge in [0.05, 0.1) is 12.5 Å². The molecule has 0 fully saturated rings. The van der Waals surface area contributed by atoms with Crippen molar-refractivity contribution >= 4 is 28.6 Å². The normalized spacial score (nSPS) is 12.4. The minimum Gasteiger partial charge on any atom is -0.461 e. The van der Waals surface area contributed by atoms with Gasteiger partial charge in [-0.3, -0.25) is 14.4 Å². The lowest BCUT2D eigenvalue weighted by Crippen LogP contribution is -2.52. The molecule has 2 amide bonds. The molecule has 0 radical (unpaired) electrons. The van der Waals surface area contributed by atoms with Crippen molar-refractivity contribution in [2.75, 3.05) is 0 Å². The molecule has 0 aliphatic carbocycles. The molecule has 0 saturated heterocycles. The first-order valence-electron chi connectivity index (χ1n) is 12.6. The summed E-state index contributed by atoms with van der Waals surface area (Å²) < 4.78 is 18.6. The summed E-state index contributed by atoms with van der Waals surface area (Å²) >= 11 is 0. The average molecular weight is 528 g/mol. The van der Waals surface area contributed by atoms with Gasteiger partial charge in [-0.1, -0.05) is 84.9 Å². The predicted molar refractivity (Wildman–Crippen MR) is 147 cm³/mol. The molecule has 4 rings (SSSR count). The Balaban J connectivity index is 1.39. The molecular weight excluding hydrogens is 497 g/mol. The quantitative estimate of drug-likeness (QED) is 0.257. The van der Waals surface area contributed by atoms with Gasteiger partial charge in [0.25, 0.3) is 0 Å². The first kappa shape index (κ1) is 27.5. The van der Waals surface area contributed by atoms with E-state index in [0.29, 0.717) is 5.56 Å². The molecule has 0 spiro atoms. The highest BCUT2D eigenvalue weighted by molar-refractivity contribution is 5.92. The van der Waals surface area contributed by atoms with Crippen LogP contribution in [0.3, 0.4) is 0 Å². The van der Waals surface area contributed by atoms with E-state index in [4.69, 9.17) is 10.5 Å². The van der Waals surface area contributed by atoms with Gasteiger partial charge in [0.1, 0.15) is 18.5 Å². The molecule has 0 aliphatic heterocycles. The summed E-state index contributed by atoms with van der Waals surface area (Å²) in [5.74, 6) is -2.13. The number of hydrogen-bond donors (Lipinski definition) is 3.